The van der Waals surface area contributed by atoms with E-state index in [1.807, 2.05) is 13.8 Å². The lowest BCUT2D eigenvalue weighted by Crippen LogP contribution is -2.36. The van der Waals surface area contributed by atoms with Crippen molar-refractivity contribution < 1.29 is 9.84 Å². The summed E-state index contributed by atoms with van der Waals surface area (Å²) in [7, 11) is 0. The molecule has 0 aromatic carbocycles. The van der Waals surface area contributed by atoms with Gasteiger partial charge in [0.2, 0.25) is 0 Å². The predicted octanol–water partition coefficient (Wildman–Crippen LogP) is 3.97. The van der Waals surface area contributed by atoms with Gasteiger partial charge in [0.25, 0.3) is 0 Å². The molecule has 0 aliphatic heterocycles. The average Bonchev–Trinajstić information content (AvgIpc) is 2.23. The van der Waals surface area contributed by atoms with Crippen molar-refractivity contribution in [2.45, 2.75) is 79.6 Å². The number of hydrogen-bond donors (Lipinski definition) is 1. The largest absolute Gasteiger partial charge is 0.368 e. The molecule has 0 aliphatic rings. The van der Waals surface area contributed by atoms with Crippen molar-refractivity contribution in [3.63, 3.8) is 0 Å². The van der Waals surface area contributed by atoms with Crippen LogP contribution in [0.15, 0.2) is 0 Å². The Bertz CT molecular complexity index is 180. The summed E-state index contributed by atoms with van der Waals surface area (Å²) in [6.07, 6.45) is 4.14. The predicted molar refractivity (Wildman–Crippen MR) is 69.3 cm³/mol. The van der Waals surface area contributed by atoms with Crippen LogP contribution in [0.25, 0.3) is 0 Å². The molecule has 2 nitrogen and oxygen atoms in total. The fourth-order valence-corrected chi connectivity index (χ4v) is 2.05. The van der Waals surface area contributed by atoms with E-state index in [1.54, 1.807) is 0 Å². The van der Waals surface area contributed by atoms with Crippen LogP contribution in [0.1, 0.15) is 67.2 Å². The Morgan fingerprint density at radius 1 is 1.19 bits per heavy atom. The van der Waals surface area contributed by atoms with Crippen LogP contribution in [0.5, 0.6) is 0 Å². The van der Waals surface area contributed by atoms with Gasteiger partial charge in [0.15, 0.2) is 6.29 Å². The van der Waals surface area contributed by atoms with Gasteiger partial charge < -0.3 is 9.84 Å². The fourth-order valence-electron chi connectivity index (χ4n) is 2.05. The molecule has 0 heterocycles. The summed E-state index contributed by atoms with van der Waals surface area (Å²) in [5, 5.41) is 10.0. The van der Waals surface area contributed by atoms with E-state index in [0.717, 1.165) is 6.42 Å². The van der Waals surface area contributed by atoms with E-state index in [9.17, 15) is 5.11 Å². The molecule has 0 aliphatic carbocycles. The third-order valence-corrected chi connectivity index (χ3v) is 3.85. The Morgan fingerprint density at radius 3 is 2.12 bits per heavy atom. The zero-order valence-corrected chi connectivity index (χ0v) is 11.9. The molecule has 0 saturated heterocycles. The van der Waals surface area contributed by atoms with Crippen LogP contribution in [0, 0.1) is 11.3 Å². The first-order chi connectivity index (χ1) is 7.37. The van der Waals surface area contributed by atoms with E-state index in [4.69, 9.17) is 4.74 Å². The lowest BCUT2D eigenvalue weighted by molar-refractivity contribution is -0.177. The first kappa shape index (κ1) is 15.9. The van der Waals surface area contributed by atoms with Gasteiger partial charge in [-0.1, -0.05) is 47.0 Å². The Balaban J connectivity index is 4.42. The minimum Gasteiger partial charge on any atom is -0.368 e. The Hall–Kier alpha value is -0.0800. The van der Waals surface area contributed by atoms with Crippen LogP contribution >= 0.6 is 0 Å². The number of ether oxygens (including phenoxy) is 1. The molecule has 0 fully saturated rings. The topological polar surface area (TPSA) is 29.5 Å². The Morgan fingerprint density at radius 2 is 1.75 bits per heavy atom. The highest BCUT2D eigenvalue weighted by Crippen LogP contribution is 2.38. The maximum Gasteiger partial charge on any atom is 0.157 e. The van der Waals surface area contributed by atoms with E-state index in [0.29, 0.717) is 0 Å². The molecule has 1 unspecified atom stereocenters. The molecular formula is C14H30O2. The van der Waals surface area contributed by atoms with Crippen molar-refractivity contribution in [1.29, 1.82) is 0 Å². The van der Waals surface area contributed by atoms with E-state index in [1.165, 1.54) is 19.3 Å². The van der Waals surface area contributed by atoms with Crippen molar-refractivity contribution in [2.24, 2.45) is 11.3 Å². The van der Waals surface area contributed by atoms with Gasteiger partial charge in [-0.25, -0.2) is 0 Å². The van der Waals surface area contributed by atoms with Gasteiger partial charge in [0, 0.05) is 5.92 Å². The van der Waals surface area contributed by atoms with Gasteiger partial charge in [0.05, 0.1) is 6.10 Å². The third-order valence-electron chi connectivity index (χ3n) is 3.85. The summed E-state index contributed by atoms with van der Waals surface area (Å²) in [5.41, 5.74) is 0.185. The molecule has 0 spiro atoms. The zero-order chi connectivity index (χ0) is 12.8. The van der Waals surface area contributed by atoms with Gasteiger partial charge in [-0.2, -0.15) is 0 Å². The zero-order valence-electron chi connectivity index (χ0n) is 11.9. The monoisotopic (exact) mass is 230 g/mol. The van der Waals surface area contributed by atoms with Gasteiger partial charge in [-0.05, 0) is 25.7 Å². The highest BCUT2D eigenvalue weighted by atomic mass is 16.6. The molecule has 16 heavy (non-hydrogen) atoms. The van der Waals surface area contributed by atoms with Crippen molar-refractivity contribution >= 4 is 0 Å². The molecule has 0 rings (SSSR count). The molecule has 2 heteroatoms. The summed E-state index contributed by atoms with van der Waals surface area (Å²) < 4.78 is 5.50. The number of aliphatic hydroxyl groups is 1. The summed E-state index contributed by atoms with van der Waals surface area (Å²) in [6, 6.07) is 0. The van der Waals surface area contributed by atoms with Crippen molar-refractivity contribution in [1.82, 2.24) is 0 Å². The average molecular weight is 230 g/mol. The van der Waals surface area contributed by atoms with E-state index < -0.39 is 6.29 Å². The molecule has 3 atom stereocenters. The molecule has 0 saturated carbocycles. The second-order valence-electron chi connectivity index (χ2n) is 5.48. The second kappa shape index (κ2) is 7.29. The first-order valence-electron chi connectivity index (χ1n) is 6.70. The summed E-state index contributed by atoms with van der Waals surface area (Å²) in [6.45, 7) is 12.7. The quantitative estimate of drug-likeness (QED) is 0.639. The van der Waals surface area contributed by atoms with Crippen LogP contribution in [-0.2, 0) is 4.74 Å². The molecule has 0 radical (unpaired) electrons. The molecule has 0 bridgehead atoms. The maximum absolute atomic E-state index is 10.0. The summed E-state index contributed by atoms with van der Waals surface area (Å²) in [4.78, 5) is 0. The number of hydrogen-bond acceptors (Lipinski definition) is 2. The van der Waals surface area contributed by atoms with E-state index in [-0.39, 0.29) is 17.4 Å². The third kappa shape index (κ3) is 4.84. The SMILES string of the molecule is CCCCC(C)(CC)[C@@H](C)[C@@H](O)OC(C)C. The normalized spacial score (nSPS) is 19.5. The minimum absolute atomic E-state index is 0.0877. The minimum atomic E-state index is -0.637. The highest BCUT2D eigenvalue weighted by Gasteiger charge is 2.34. The first-order valence-corrected chi connectivity index (χ1v) is 6.70. The van der Waals surface area contributed by atoms with E-state index in [2.05, 4.69) is 27.7 Å². The number of rotatable bonds is 8. The number of aliphatic hydroxyl groups excluding tert-OH is 1. The molecular weight excluding hydrogens is 200 g/mol. The van der Waals surface area contributed by atoms with E-state index >= 15 is 0 Å². The molecule has 98 valence electrons. The lowest BCUT2D eigenvalue weighted by atomic mass is 9.72. The molecule has 1 N–H and O–H groups in total. The van der Waals surface area contributed by atoms with Gasteiger partial charge in [0.1, 0.15) is 0 Å². The summed E-state index contributed by atoms with van der Waals surface area (Å²) in [5.74, 6) is 0.187. The highest BCUT2D eigenvalue weighted by molar-refractivity contribution is 4.80. The molecule has 0 aromatic rings. The standard InChI is InChI=1S/C14H30O2/c1-7-9-10-14(6,8-2)12(5)13(15)16-11(3)4/h11-13,15H,7-10H2,1-6H3/t12-,13-,14?/m0/s1. The fraction of sp³-hybridized carbons (Fsp3) is 1.00. The van der Waals surface area contributed by atoms with Gasteiger partial charge in [-0.3, -0.25) is 0 Å². The van der Waals surface area contributed by atoms with Crippen molar-refractivity contribution in [3.05, 3.63) is 0 Å². The lowest BCUT2D eigenvalue weighted by Gasteiger charge is -2.38. The van der Waals surface area contributed by atoms with Crippen LogP contribution in [0.2, 0.25) is 0 Å². The second-order valence-corrected chi connectivity index (χ2v) is 5.48. The number of unbranched alkanes of at least 4 members (excludes halogenated alkanes) is 1. The van der Waals surface area contributed by atoms with Gasteiger partial charge >= 0.3 is 0 Å². The van der Waals surface area contributed by atoms with Crippen LogP contribution in [0.3, 0.4) is 0 Å². The molecule has 0 amide bonds. The Kier molecular flexibility index (Phi) is 7.25. The molecule has 0 aromatic heterocycles. The van der Waals surface area contributed by atoms with Gasteiger partial charge in [-0.15, -0.1) is 0 Å². The van der Waals surface area contributed by atoms with Crippen LogP contribution in [0.4, 0.5) is 0 Å². The smallest absolute Gasteiger partial charge is 0.157 e. The van der Waals surface area contributed by atoms with Crippen molar-refractivity contribution in [3.8, 4) is 0 Å². The van der Waals surface area contributed by atoms with Crippen molar-refractivity contribution in [2.75, 3.05) is 0 Å². The van der Waals surface area contributed by atoms with Crippen LogP contribution in [-0.4, -0.2) is 17.5 Å². The summed E-state index contributed by atoms with van der Waals surface area (Å²) >= 11 is 0. The van der Waals surface area contributed by atoms with Crippen LogP contribution < -0.4 is 0 Å². The Labute approximate surface area is 101 Å². The maximum atomic E-state index is 10.0.